The summed E-state index contributed by atoms with van der Waals surface area (Å²) in [5.74, 6) is -0.568. The van der Waals surface area contributed by atoms with Crippen LogP contribution in [0.2, 0.25) is 0 Å². The molecule has 5 nitrogen and oxygen atoms in total. The number of halogens is 1. The lowest BCUT2D eigenvalue weighted by atomic mass is 10.0. The minimum Gasteiger partial charge on any atom is -0.397 e. The number of likely N-dealkylation sites (tertiary alicyclic amines) is 1. The van der Waals surface area contributed by atoms with Crippen molar-refractivity contribution in [2.75, 3.05) is 44.8 Å². The Balaban J connectivity index is 1.84. The second kappa shape index (κ2) is 6.87. The third-order valence-corrected chi connectivity index (χ3v) is 3.94. The average Bonchev–Trinajstić information content (AvgIpc) is 2.43. The Morgan fingerprint density at radius 3 is 2.71 bits per heavy atom. The maximum atomic E-state index is 13.2. The predicted octanol–water partition coefficient (Wildman–Crippen LogP) is 1.37. The van der Waals surface area contributed by atoms with Crippen LogP contribution in [0.4, 0.5) is 15.8 Å². The number of nitrogens with two attached hydrogens (primary N) is 1. The Labute approximate surface area is 124 Å². The molecule has 3 N–H and O–H groups in total. The van der Waals surface area contributed by atoms with Crippen LogP contribution in [0.3, 0.4) is 0 Å². The summed E-state index contributed by atoms with van der Waals surface area (Å²) < 4.78 is 13.2. The highest BCUT2D eigenvalue weighted by Crippen LogP contribution is 2.19. The van der Waals surface area contributed by atoms with Crippen LogP contribution in [-0.2, 0) is 4.79 Å². The Hall–Kier alpha value is -1.66. The number of nitrogens with zero attached hydrogens (tertiary/aromatic N) is 2. The predicted molar refractivity (Wildman–Crippen MR) is 82.6 cm³/mol. The van der Waals surface area contributed by atoms with E-state index in [0.29, 0.717) is 24.0 Å². The first-order valence-corrected chi connectivity index (χ1v) is 7.19. The molecular formula is C15H23FN4O. The van der Waals surface area contributed by atoms with Crippen LogP contribution in [-0.4, -0.2) is 55.5 Å². The van der Waals surface area contributed by atoms with Crippen molar-refractivity contribution in [2.45, 2.75) is 18.9 Å². The first-order chi connectivity index (χ1) is 9.95. The first kappa shape index (κ1) is 15.7. The van der Waals surface area contributed by atoms with Crippen molar-refractivity contribution >= 4 is 17.3 Å². The molecule has 0 bridgehead atoms. The number of carbonyl (C=O) groups is 1. The van der Waals surface area contributed by atoms with E-state index in [1.54, 1.807) is 0 Å². The van der Waals surface area contributed by atoms with Crippen molar-refractivity contribution in [1.82, 2.24) is 9.80 Å². The maximum absolute atomic E-state index is 13.2. The van der Waals surface area contributed by atoms with Gasteiger partial charge in [0.05, 0.1) is 17.9 Å². The molecule has 1 aromatic rings. The normalized spacial score (nSPS) is 17.1. The van der Waals surface area contributed by atoms with Gasteiger partial charge in [-0.2, -0.15) is 0 Å². The number of benzene rings is 1. The monoisotopic (exact) mass is 294 g/mol. The lowest BCUT2D eigenvalue weighted by Gasteiger charge is -2.34. The molecular weight excluding hydrogens is 271 g/mol. The number of hydrogen-bond donors (Lipinski definition) is 2. The molecule has 116 valence electrons. The number of anilines is 2. The summed E-state index contributed by atoms with van der Waals surface area (Å²) in [6.45, 7) is 2.11. The Bertz CT molecular complexity index is 498. The molecule has 6 heteroatoms. The van der Waals surface area contributed by atoms with Crippen LogP contribution in [0, 0.1) is 5.82 Å². The fourth-order valence-electron chi connectivity index (χ4n) is 2.62. The third kappa shape index (κ3) is 4.41. The Morgan fingerprint density at radius 2 is 2.10 bits per heavy atom. The quantitative estimate of drug-likeness (QED) is 0.824. The van der Waals surface area contributed by atoms with Gasteiger partial charge >= 0.3 is 0 Å². The van der Waals surface area contributed by atoms with E-state index in [-0.39, 0.29) is 5.91 Å². The molecule has 21 heavy (non-hydrogen) atoms. The van der Waals surface area contributed by atoms with Crippen LogP contribution in [0.25, 0.3) is 0 Å². The third-order valence-electron chi connectivity index (χ3n) is 3.94. The van der Waals surface area contributed by atoms with Crippen molar-refractivity contribution < 1.29 is 9.18 Å². The largest absolute Gasteiger partial charge is 0.397 e. The molecule has 0 aliphatic carbocycles. The standard InChI is InChI=1S/C15H23FN4O/c1-19(2)12-5-7-20(8-6-12)10-15(21)18-14-9-11(16)3-4-13(14)17/h3-4,9,12H,5-8,10,17H2,1-2H3,(H,18,21). The molecule has 1 amide bonds. The maximum Gasteiger partial charge on any atom is 0.238 e. The van der Waals surface area contributed by atoms with Gasteiger partial charge in [-0.3, -0.25) is 9.69 Å². The second-order valence-electron chi connectivity index (χ2n) is 5.75. The molecule has 0 spiro atoms. The molecule has 1 heterocycles. The topological polar surface area (TPSA) is 61.6 Å². The number of nitrogens with one attached hydrogen (secondary N) is 1. The molecule has 1 aliphatic rings. The van der Waals surface area contributed by atoms with E-state index in [0.717, 1.165) is 25.9 Å². The number of carbonyl (C=O) groups excluding carboxylic acids is 1. The molecule has 1 aromatic carbocycles. The first-order valence-electron chi connectivity index (χ1n) is 7.19. The van der Waals surface area contributed by atoms with E-state index < -0.39 is 5.82 Å². The van der Waals surface area contributed by atoms with Gasteiger partial charge in [0.15, 0.2) is 0 Å². The van der Waals surface area contributed by atoms with E-state index in [1.807, 2.05) is 0 Å². The summed E-state index contributed by atoms with van der Waals surface area (Å²) in [4.78, 5) is 16.4. The van der Waals surface area contributed by atoms with Gasteiger partial charge in [0.1, 0.15) is 5.82 Å². The molecule has 1 aliphatic heterocycles. The highest BCUT2D eigenvalue weighted by atomic mass is 19.1. The molecule has 0 unspecified atom stereocenters. The van der Waals surface area contributed by atoms with Gasteiger partial charge in [-0.1, -0.05) is 0 Å². The summed E-state index contributed by atoms with van der Waals surface area (Å²) in [5.41, 5.74) is 6.43. The van der Waals surface area contributed by atoms with E-state index in [2.05, 4.69) is 29.2 Å². The number of hydrogen-bond acceptors (Lipinski definition) is 4. The van der Waals surface area contributed by atoms with Gasteiger partial charge in [0.2, 0.25) is 5.91 Å². The lowest BCUT2D eigenvalue weighted by Crippen LogP contribution is -2.44. The molecule has 2 rings (SSSR count). The van der Waals surface area contributed by atoms with Crippen molar-refractivity contribution in [1.29, 1.82) is 0 Å². The summed E-state index contributed by atoms with van der Waals surface area (Å²) in [6, 6.07) is 4.55. The van der Waals surface area contributed by atoms with Crippen LogP contribution in [0.1, 0.15) is 12.8 Å². The van der Waals surface area contributed by atoms with E-state index in [4.69, 9.17) is 5.73 Å². The van der Waals surface area contributed by atoms with E-state index in [1.165, 1.54) is 18.2 Å². The van der Waals surface area contributed by atoms with Crippen molar-refractivity contribution in [3.63, 3.8) is 0 Å². The van der Waals surface area contributed by atoms with Gasteiger partial charge < -0.3 is 16.0 Å². The van der Waals surface area contributed by atoms with Crippen molar-refractivity contribution in [2.24, 2.45) is 0 Å². The van der Waals surface area contributed by atoms with Gasteiger partial charge in [-0.15, -0.1) is 0 Å². The summed E-state index contributed by atoms with van der Waals surface area (Å²) in [5, 5.41) is 2.68. The fourth-order valence-corrected chi connectivity index (χ4v) is 2.62. The minimum absolute atomic E-state index is 0.157. The van der Waals surface area contributed by atoms with Crippen LogP contribution in [0.15, 0.2) is 18.2 Å². The Morgan fingerprint density at radius 1 is 1.43 bits per heavy atom. The smallest absolute Gasteiger partial charge is 0.238 e. The summed E-state index contributed by atoms with van der Waals surface area (Å²) >= 11 is 0. The highest BCUT2D eigenvalue weighted by molar-refractivity contribution is 5.95. The SMILES string of the molecule is CN(C)C1CCN(CC(=O)Nc2cc(F)ccc2N)CC1. The molecule has 0 saturated carbocycles. The molecule has 0 radical (unpaired) electrons. The van der Waals surface area contributed by atoms with Crippen LogP contribution in [0.5, 0.6) is 0 Å². The van der Waals surface area contributed by atoms with E-state index in [9.17, 15) is 9.18 Å². The molecule has 1 saturated heterocycles. The number of rotatable bonds is 4. The lowest BCUT2D eigenvalue weighted by molar-refractivity contribution is -0.117. The Kier molecular flexibility index (Phi) is 5.14. The average molecular weight is 294 g/mol. The van der Waals surface area contributed by atoms with Crippen molar-refractivity contribution in [3.05, 3.63) is 24.0 Å². The number of nitrogen functional groups attached to an aromatic ring is 1. The van der Waals surface area contributed by atoms with Crippen LogP contribution >= 0.6 is 0 Å². The zero-order valence-corrected chi connectivity index (χ0v) is 12.6. The van der Waals surface area contributed by atoms with Gasteiger partial charge in [0, 0.05) is 19.1 Å². The fraction of sp³-hybridized carbons (Fsp3) is 0.533. The summed E-state index contributed by atoms with van der Waals surface area (Å²) in [6.07, 6.45) is 2.12. The zero-order valence-electron chi connectivity index (χ0n) is 12.6. The molecule has 0 aromatic heterocycles. The summed E-state index contributed by atoms with van der Waals surface area (Å²) in [7, 11) is 4.17. The highest BCUT2D eigenvalue weighted by Gasteiger charge is 2.22. The molecule has 1 fully saturated rings. The number of piperidine rings is 1. The zero-order chi connectivity index (χ0) is 15.4. The van der Waals surface area contributed by atoms with Gasteiger partial charge in [0.25, 0.3) is 0 Å². The van der Waals surface area contributed by atoms with Gasteiger partial charge in [-0.05, 0) is 45.1 Å². The second-order valence-corrected chi connectivity index (χ2v) is 5.75. The molecule has 0 atom stereocenters. The van der Waals surface area contributed by atoms with Gasteiger partial charge in [-0.25, -0.2) is 4.39 Å². The number of amides is 1. The van der Waals surface area contributed by atoms with Crippen molar-refractivity contribution in [3.8, 4) is 0 Å². The van der Waals surface area contributed by atoms with Crippen LogP contribution < -0.4 is 11.1 Å². The minimum atomic E-state index is -0.411. The van der Waals surface area contributed by atoms with E-state index >= 15 is 0 Å².